The Morgan fingerprint density at radius 3 is 2.18 bits per heavy atom. The van der Waals surface area contributed by atoms with Crippen molar-refractivity contribution >= 4 is 34.7 Å². The van der Waals surface area contributed by atoms with Gasteiger partial charge in [0.15, 0.2) is 11.5 Å². The van der Waals surface area contributed by atoms with Gasteiger partial charge in [-0.25, -0.2) is 5.43 Å². The number of phenolic OH excluding ortho intramolecular Hbond substituents is 1. The minimum atomic E-state index is -0.205. The molecule has 0 radical (unpaired) electrons. The molecule has 0 aliphatic heterocycles. The minimum Gasteiger partial charge on any atom is -0.507 e. The van der Waals surface area contributed by atoms with Crippen molar-refractivity contribution in [3.63, 3.8) is 0 Å². The van der Waals surface area contributed by atoms with Crippen molar-refractivity contribution in [2.24, 2.45) is 5.10 Å². The van der Waals surface area contributed by atoms with E-state index in [1.165, 1.54) is 0 Å². The Labute approximate surface area is 217 Å². The van der Waals surface area contributed by atoms with Gasteiger partial charge in [-0.1, -0.05) is 53.7 Å². The molecule has 7 heteroatoms. The zero-order valence-corrected chi connectivity index (χ0v) is 23.7. The van der Waals surface area contributed by atoms with Gasteiger partial charge < -0.3 is 14.6 Å². The summed E-state index contributed by atoms with van der Waals surface area (Å²) in [6.07, 6.45) is 2.44. The van der Waals surface area contributed by atoms with Crippen LogP contribution in [0.5, 0.6) is 17.2 Å². The Morgan fingerprint density at radius 2 is 1.68 bits per heavy atom. The number of carbonyl (C=O) groups is 1. The molecule has 0 unspecified atom stereocenters. The van der Waals surface area contributed by atoms with Crippen LogP contribution in [0.3, 0.4) is 0 Å². The number of methoxy groups -OCH3 is 1. The summed E-state index contributed by atoms with van der Waals surface area (Å²) in [5, 5.41) is 15.0. The zero-order valence-electron chi connectivity index (χ0n) is 21.5. The Balaban J connectivity index is 2.11. The van der Waals surface area contributed by atoms with Crippen molar-refractivity contribution in [1.29, 1.82) is 0 Å². The lowest BCUT2D eigenvalue weighted by Crippen LogP contribution is -2.20. The van der Waals surface area contributed by atoms with E-state index in [1.807, 2.05) is 31.2 Å². The van der Waals surface area contributed by atoms with E-state index >= 15 is 0 Å². The van der Waals surface area contributed by atoms with E-state index in [2.05, 4.69) is 74.7 Å². The molecule has 0 spiro atoms. The van der Waals surface area contributed by atoms with Crippen LogP contribution in [0.2, 0.25) is 0 Å². The molecule has 6 nitrogen and oxygen atoms in total. The number of amides is 1. The fourth-order valence-corrected chi connectivity index (χ4v) is 4.35. The number of ether oxygens (including phenoxy) is 2. The first kappa shape index (κ1) is 28.0. The van der Waals surface area contributed by atoms with Crippen LogP contribution >= 0.6 is 22.6 Å². The lowest BCUT2D eigenvalue weighted by Gasteiger charge is -2.28. The van der Waals surface area contributed by atoms with Crippen molar-refractivity contribution in [1.82, 2.24) is 5.43 Å². The Bertz CT molecular complexity index is 1010. The van der Waals surface area contributed by atoms with Gasteiger partial charge in [0.2, 0.25) is 5.91 Å². The molecular formula is C27H37IN2O4. The normalized spacial score (nSPS) is 12.1. The number of hydrogen-bond acceptors (Lipinski definition) is 5. The van der Waals surface area contributed by atoms with Gasteiger partial charge in [-0.05, 0) is 81.2 Å². The Hall–Kier alpha value is -2.29. The molecule has 186 valence electrons. The third-order valence-corrected chi connectivity index (χ3v) is 6.17. The second-order valence-corrected chi connectivity index (χ2v) is 11.5. The molecule has 0 aliphatic carbocycles. The zero-order chi connectivity index (χ0) is 25.7. The Morgan fingerprint density at radius 1 is 1.09 bits per heavy atom. The summed E-state index contributed by atoms with van der Waals surface area (Å²) in [4.78, 5) is 12.4. The summed E-state index contributed by atoms with van der Waals surface area (Å²) in [7, 11) is 1.59. The largest absolute Gasteiger partial charge is 0.507 e. The number of nitrogens with zero attached hydrogens (tertiary/aromatic N) is 1. The SMILES string of the molecule is CCOc1c(I)cc(/C=N\NC(=O)CCc2cc(C(C)(C)C)c(O)c(C(C)(C)C)c2)cc1OC. The van der Waals surface area contributed by atoms with Crippen molar-refractivity contribution in [3.8, 4) is 17.2 Å². The molecule has 0 atom stereocenters. The fraction of sp³-hybridized carbons (Fsp3) is 0.481. The summed E-state index contributed by atoms with van der Waals surface area (Å²) in [6.45, 7) is 15.0. The molecule has 0 heterocycles. The minimum absolute atomic E-state index is 0.174. The number of aromatic hydroxyl groups is 1. The van der Waals surface area contributed by atoms with Crippen LogP contribution in [0.15, 0.2) is 29.4 Å². The molecule has 0 aliphatic rings. The van der Waals surface area contributed by atoms with E-state index < -0.39 is 0 Å². The maximum Gasteiger partial charge on any atom is 0.240 e. The summed E-state index contributed by atoms with van der Waals surface area (Å²) in [5.74, 6) is 1.49. The summed E-state index contributed by atoms with van der Waals surface area (Å²) in [5.41, 5.74) is 5.81. The molecule has 0 bridgehead atoms. The average Bonchev–Trinajstić information content (AvgIpc) is 2.73. The van der Waals surface area contributed by atoms with Crippen LogP contribution in [0.4, 0.5) is 0 Å². The molecule has 1 amide bonds. The molecule has 0 saturated carbocycles. The molecule has 2 aromatic carbocycles. The number of halogens is 1. The van der Waals surface area contributed by atoms with Gasteiger partial charge in [-0.15, -0.1) is 0 Å². The lowest BCUT2D eigenvalue weighted by molar-refractivity contribution is -0.121. The van der Waals surface area contributed by atoms with Gasteiger partial charge in [0, 0.05) is 6.42 Å². The standard InChI is InChI=1S/C27H37IN2O4/c1-9-34-25-21(28)14-18(15-22(25)33-8)16-29-30-23(31)11-10-17-12-19(26(2,3)4)24(32)20(13-17)27(5,6)7/h12-16,32H,9-11H2,1-8H3,(H,30,31)/b29-16-. The van der Waals surface area contributed by atoms with E-state index in [4.69, 9.17) is 9.47 Å². The van der Waals surface area contributed by atoms with Gasteiger partial charge in [0.1, 0.15) is 5.75 Å². The third-order valence-electron chi connectivity index (χ3n) is 5.37. The van der Waals surface area contributed by atoms with E-state index in [9.17, 15) is 9.90 Å². The first-order chi connectivity index (χ1) is 15.8. The van der Waals surface area contributed by atoms with E-state index in [0.717, 1.165) is 25.8 Å². The highest BCUT2D eigenvalue weighted by Crippen LogP contribution is 2.40. The topological polar surface area (TPSA) is 80.2 Å². The third kappa shape index (κ3) is 7.35. The van der Waals surface area contributed by atoms with E-state index in [-0.39, 0.29) is 16.7 Å². The predicted octanol–water partition coefficient (Wildman–Crippen LogP) is 6.08. The molecule has 2 rings (SSSR count). The molecular weight excluding hydrogens is 543 g/mol. The lowest BCUT2D eigenvalue weighted by atomic mass is 9.78. The van der Waals surface area contributed by atoms with Crippen molar-refractivity contribution in [2.45, 2.75) is 72.1 Å². The van der Waals surface area contributed by atoms with Gasteiger partial charge in [-0.2, -0.15) is 5.10 Å². The van der Waals surface area contributed by atoms with Gasteiger partial charge in [-0.3, -0.25) is 4.79 Å². The van der Waals surface area contributed by atoms with Crippen LogP contribution in [0.25, 0.3) is 0 Å². The number of carbonyl (C=O) groups excluding carboxylic acids is 1. The van der Waals surface area contributed by atoms with Gasteiger partial charge in [0.25, 0.3) is 0 Å². The maximum absolute atomic E-state index is 12.4. The van der Waals surface area contributed by atoms with E-state index in [0.29, 0.717) is 36.7 Å². The number of aryl methyl sites for hydroxylation is 1. The highest BCUT2D eigenvalue weighted by molar-refractivity contribution is 14.1. The van der Waals surface area contributed by atoms with Crippen LogP contribution in [0, 0.1) is 3.57 Å². The number of hydrogen-bond donors (Lipinski definition) is 2. The molecule has 0 aromatic heterocycles. The van der Waals surface area contributed by atoms with Crippen LogP contribution in [0.1, 0.15) is 77.1 Å². The highest BCUT2D eigenvalue weighted by Gasteiger charge is 2.26. The van der Waals surface area contributed by atoms with Gasteiger partial charge in [0.05, 0.1) is 23.5 Å². The van der Waals surface area contributed by atoms with Crippen LogP contribution in [-0.2, 0) is 22.0 Å². The number of rotatable bonds is 8. The average molecular weight is 581 g/mol. The molecule has 0 fully saturated rings. The van der Waals surface area contributed by atoms with Crippen LogP contribution < -0.4 is 14.9 Å². The highest BCUT2D eigenvalue weighted by atomic mass is 127. The summed E-state index contributed by atoms with van der Waals surface area (Å²) >= 11 is 2.19. The summed E-state index contributed by atoms with van der Waals surface area (Å²) in [6, 6.07) is 7.76. The smallest absolute Gasteiger partial charge is 0.240 e. The fourth-order valence-electron chi connectivity index (χ4n) is 3.57. The monoisotopic (exact) mass is 580 g/mol. The first-order valence-electron chi connectivity index (χ1n) is 11.5. The van der Waals surface area contributed by atoms with Crippen molar-refractivity contribution in [2.75, 3.05) is 13.7 Å². The number of hydrazone groups is 1. The van der Waals surface area contributed by atoms with Gasteiger partial charge >= 0.3 is 0 Å². The summed E-state index contributed by atoms with van der Waals surface area (Å²) < 4.78 is 12.0. The first-order valence-corrected chi connectivity index (χ1v) is 12.5. The maximum atomic E-state index is 12.4. The number of phenols is 1. The molecule has 0 saturated heterocycles. The molecule has 34 heavy (non-hydrogen) atoms. The number of nitrogens with one attached hydrogen (secondary N) is 1. The second kappa shape index (κ2) is 11.4. The quantitative estimate of drug-likeness (QED) is 0.225. The molecule has 2 aromatic rings. The van der Waals surface area contributed by atoms with E-state index in [1.54, 1.807) is 13.3 Å². The molecule has 2 N–H and O–H groups in total. The second-order valence-electron chi connectivity index (χ2n) is 10.3. The van der Waals surface area contributed by atoms with Crippen molar-refractivity contribution in [3.05, 3.63) is 50.1 Å². The number of benzene rings is 2. The Kier molecular flexibility index (Phi) is 9.39. The van der Waals surface area contributed by atoms with Crippen molar-refractivity contribution < 1.29 is 19.4 Å². The predicted molar refractivity (Wildman–Crippen MR) is 146 cm³/mol. The van der Waals surface area contributed by atoms with Crippen LogP contribution in [-0.4, -0.2) is 30.9 Å².